The van der Waals surface area contributed by atoms with Crippen molar-refractivity contribution in [2.75, 3.05) is 4.90 Å². The van der Waals surface area contributed by atoms with Gasteiger partial charge in [-0.2, -0.15) is 0 Å². The maximum absolute atomic E-state index is 14.9. The van der Waals surface area contributed by atoms with E-state index in [0.29, 0.717) is 22.0 Å². The van der Waals surface area contributed by atoms with Crippen LogP contribution in [0.3, 0.4) is 0 Å². The fourth-order valence-electron chi connectivity index (χ4n) is 3.82. The molecule has 4 rings (SSSR count). The van der Waals surface area contributed by atoms with Crippen LogP contribution in [0.25, 0.3) is 22.0 Å². The minimum absolute atomic E-state index is 0.0480. The van der Waals surface area contributed by atoms with Crippen LogP contribution in [0.5, 0.6) is 0 Å². The molecule has 0 aliphatic carbocycles. The fourth-order valence-corrected chi connectivity index (χ4v) is 3.82. The summed E-state index contributed by atoms with van der Waals surface area (Å²) in [5.41, 5.74) is 1.35. The van der Waals surface area contributed by atoms with Gasteiger partial charge in [0.15, 0.2) is 0 Å². The van der Waals surface area contributed by atoms with Gasteiger partial charge >= 0.3 is 0 Å². The second kappa shape index (κ2) is 6.02. The number of rotatable bonds is 1. The third-order valence-corrected chi connectivity index (χ3v) is 4.99. The number of fused-ring (bicyclic) bond motifs is 2. The predicted octanol–water partition coefficient (Wildman–Crippen LogP) is 4.09. The highest BCUT2D eigenvalue weighted by Gasteiger charge is 2.32. The molecule has 5 nitrogen and oxygen atoms in total. The second-order valence-corrected chi connectivity index (χ2v) is 8.52. The number of hydrogen-bond donors (Lipinski definition) is 1. The Labute approximate surface area is 160 Å². The van der Waals surface area contributed by atoms with Gasteiger partial charge in [-0.3, -0.25) is 9.59 Å². The summed E-state index contributed by atoms with van der Waals surface area (Å²) in [4.78, 5) is 29.9. The van der Waals surface area contributed by atoms with Crippen molar-refractivity contribution < 1.29 is 13.6 Å². The van der Waals surface area contributed by atoms with E-state index in [1.54, 1.807) is 19.4 Å². The molecule has 1 aliphatic rings. The molecule has 0 spiro atoms. The number of hydrogen-bond acceptors (Lipinski definition) is 2. The lowest BCUT2D eigenvalue weighted by Gasteiger charge is -2.27. The number of carbonyl (C=O) groups excluding carboxylic acids is 1. The van der Waals surface area contributed by atoms with E-state index in [0.717, 1.165) is 6.07 Å². The Balaban J connectivity index is 2.05. The van der Waals surface area contributed by atoms with Crippen molar-refractivity contribution in [3.8, 4) is 11.1 Å². The zero-order valence-electron chi connectivity index (χ0n) is 16.2. The SMILES string of the molecule is Cn1cc2c3c(c[nH]c3c1=O)CN(C(=O)CC(C)(C)C)c1c(F)cc(F)cc1-2. The van der Waals surface area contributed by atoms with Crippen LogP contribution in [-0.2, 0) is 18.4 Å². The van der Waals surface area contributed by atoms with E-state index in [1.807, 2.05) is 20.8 Å². The maximum Gasteiger partial charge on any atom is 0.274 e. The van der Waals surface area contributed by atoms with Gasteiger partial charge in [-0.1, -0.05) is 20.8 Å². The Hall–Kier alpha value is -2.96. The highest BCUT2D eigenvalue weighted by molar-refractivity contribution is 6.06. The molecule has 0 saturated carbocycles. The summed E-state index contributed by atoms with van der Waals surface area (Å²) in [7, 11) is 1.58. The molecular formula is C21H21F2N3O2. The van der Waals surface area contributed by atoms with Gasteiger partial charge in [-0.05, 0) is 17.0 Å². The molecule has 1 amide bonds. The number of anilines is 1. The molecule has 0 bridgehead atoms. The summed E-state index contributed by atoms with van der Waals surface area (Å²) in [5, 5.41) is 0.598. The standard InChI is InChI=1S/C21H21F2N3O2/c1-21(2,3)7-16(27)26-9-11-8-24-18-17(11)14(10-25(4)20(18)28)13-5-12(22)6-15(23)19(13)26/h5-6,8,10,24H,7,9H2,1-4H3. The van der Waals surface area contributed by atoms with E-state index in [1.165, 1.54) is 15.5 Å². The van der Waals surface area contributed by atoms with Crippen LogP contribution < -0.4 is 10.5 Å². The molecule has 146 valence electrons. The van der Waals surface area contributed by atoms with Crippen molar-refractivity contribution >= 4 is 22.5 Å². The molecule has 0 radical (unpaired) electrons. The third kappa shape index (κ3) is 2.82. The van der Waals surface area contributed by atoms with Crippen LogP contribution in [0.1, 0.15) is 32.8 Å². The van der Waals surface area contributed by atoms with Gasteiger partial charge in [0.25, 0.3) is 5.56 Å². The monoisotopic (exact) mass is 385 g/mol. The first-order chi connectivity index (χ1) is 13.1. The molecule has 0 fully saturated rings. The van der Waals surface area contributed by atoms with Crippen molar-refractivity contribution in [1.29, 1.82) is 0 Å². The van der Waals surface area contributed by atoms with Gasteiger partial charge in [-0.15, -0.1) is 0 Å². The number of aryl methyl sites for hydroxylation is 1. The summed E-state index contributed by atoms with van der Waals surface area (Å²) >= 11 is 0. The molecule has 3 aromatic rings. The number of halogens is 2. The first kappa shape index (κ1) is 18.4. The van der Waals surface area contributed by atoms with Crippen LogP contribution in [0.4, 0.5) is 14.5 Å². The molecule has 0 atom stereocenters. The van der Waals surface area contributed by atoms with Crippen molar-refractivity contribution in [3.63, 3.8) is 0 Å². The first-order valence-corrected chi connectivity index (χ1v) is 9.06. The molecule has 28 heavy (non-hydrogen) atoms. The number of benzene rings is 1. The van der Waals surface area contributed by atoms with E-state index < -0.39 is 11.6 Å². The zero-order chi connectivity index (χ0) is 20.4. The van der Waals surface area contributed by atoms with Crippen LogP contribution in [-0.4, -0.2) is 15.5 Å². The highest BCUT2D eigenvalue weighted by Crippen LogP contribution is 2.42. The maximum atomic E-state index is 14.9. The van der Waals surface area contributed by atoms with E-state index >= 15 is 0 Å². The molecule has 1 aliphatic heterocycles. The summed E-state index contributed by atoms with van der Waals surface area (Å²) < 4.78 is 30.4. The summed E-state index contributed by atoms with van der Waals surface area (Å²) in [6.07, 6.45) is 3.43. The summed E-state index contributed by atoms with van der Waals surface area (Å²) in [5.74, 6) is -1.79. The van der Waals surface area contributed by atoms with Crippen molar-refractivity contribution in [3.05, 3.63) is 52.1 Å². The molecule has 3 heterocycles. The lowest BCUT2D eigenvalue weighted by Crippen LogP contribution is -2.33. The Morgan fingerprint density at radius 3 is 2.61 bits per heavy atom. The van der Waals surface area contributed by atoms with Gasteiger partial charge in [0.1, 0.15) is 17.2 Å². The van der Waals surface area contributed by atoms with Gasteiger partial charge in [0.2, 0.25) is 5.91 Å². The summed E-state index contributed by atoms with van der Waals surface area (Å²) in [6.45, 7) is 5.89. The number of carbonyl (C=O) groups is 1. The smallest absolute Gasteiger partial charge is 0.274 e. The number of pyridine rings is 1. The Morgan fingerprint density at radius 1 is 1.21 bits per heavy atom. The topological polar surface area (TPSA) is 58.1 Å². The number of amides is 1. The van der Waals surface area contributed by atoms with Crippen LogP contribution >= 0.6 is 0 Å². The number of nitrogens with zero attached hydrogens (tertiary/aromatic N) is 2. The van der Waals surface area contributed by atoms with E-state index in [-0.39, 0.29) is 41.1 Å². The van der Waals surface area contributed by atoms with Crippen LogP contribution in [0, 0.1) is 17.0 Å². The average molecular weight is 385 g/mol. The predicted molar refractivity (Wildman–Crippen MR) is 104 cm³/mol. The minimum Gasteiger partial charge on any atom is -0.356 e. The van der Waals surface area contributed by atoms with E-state index in [2.05, 4.69) is 4.98 Å². The number of H-pyrrole nitrogens is 1. The van der Waals surface area contributed by atoms with Gasteiger partial charge < -0.3 is 14.5 Å². The van der Waals surface area contributed by atoms with Gasteiger partial charge in [0, 0.05) is 48.4 Å². The first-order valence-electron chi connectivity index (χ1n) is 9.06. The lowest BCUT2D eigenvalue weighted by molar-refractivity contribution is -0.120. The largest absolute Gasteiger partial charge is 0.356 e. The number of nitrogens with one attached hydrogen (secondary N) is 1. The molecular weight excluding hydrogens is 364 g/mol. The van der Waals surface area contributed by atoms with Crippen LogP contribution in [0.2, 0.25) is 0 Å². The van der Waals surface area contributed by atoms with Gasteiger partial charge in [0.05, 0.1) is 12.2 Å². The Kier molecular flexibility index (Phi) is 3.96. The molecule has 0 saturated heterocycles. The van der Waals surface area contributed by atoms with Gasteiger partial charge in [-0.25, -0.2) is 8.78 Å². The Morgan fingerprint density at radius 2 is 1.93 bits per heavy atom. The number of aromatic nitrogens is 2. The quantitative estimate of drug-likeness (QED) is 0.686. The highest BCUT2D eigenvalue weighted by atomic mass is 19.1. The van der Waals surface area contributed by atoms with Crippen molar-refractivity contribution in [1.82, 2.24) is 9.55 Å². The minimum atomic E-state index is -0.798. The second-order valence-electron chi connectivity index (χ2n) is 8.52. The molecule has 2 aromatic heterocycles. The average Bonchev–Trinajstić information content (AvgIpc) is 2.92. The number of aromatic amines is 1. The lowest BCUT2D eigenvalue weighted by atomic mass is 9.91. The van der Waals surface area contributed by atoms with Crippen molar-refractivity contribution in [2.45, 2.75) is 33.7 Å². The normalized spacial score (nSPS) is 13.6. The van der Waals surface area contributed by atoms with Crippen molar-refractivity contribution in [2.24, 2.45) is 12.5 Å². The van der Waals surface area contributed by atoms with E-state index in [9.17, 15) is 18.4 Å². The summed E-state index contributed by atoms with van der Waals surface area (Å²) in [6, 6.07) is 2.01. The van der Waals surface area contributed by atoms with Crippen LogP contribution in [0.15, 0.2) is 29.3 Å². The zero-order valence-corrected chi connectivity index (χ0v) is 16.2. The molecule has 0 unspecified atom stereocenters. The molecule has 1 aromatic carbocycles. The third-order valence-electron chi connectivity index (χ3n) is 4.99. The Bertz CT molecular complexity index is 1190. The van der Waals surface area contributed by atoms with E-state index in [4.69, 9.17) is 0 Å². The fraction of sp³-hybridized carbons (Fsp3) is 0.333. The molecule has 7 heteroatoms. The molecule has 1 N–H and O–H groups in total.